The number of aromatic nitrogens is 1. The Balaban J connectivity index is 1.11. The Morgan fingerprint density at radius 1 is 0.932 bits per heavy atom. The molecule has 6 aliphatic rings. The van der Waals surface area contributed by atoms with Crippen LogP contribution in [0.4, 0.5) is 11.4 Å². The lowest BCUT2D eigenvalue weighted by Crippen LogP contribution is -2.47. The minimum Gasteiger partial charge on any atom is -0.507 e. The molecule has 0 saturated carbocycles. The van der Waals surface area contributed by atoms with Crippen LogP contribution in [0.25, 0.3) is 10.8 Å². The second-order valence-electron chi connectivity index (χ2n) is 21.1. The maximum Gasteiger partial charge on any atom is 0.315 e. The third-order valence-electron chi connectivity index (χ3n) is 15.3. The van der Waals surface area contributed by atoms with Crippen LogP contribution in [-0.4, -0.2) is 134 Å². The summed E-state index contributed by atoms with van der Waals surface area (Å²) in [5.41, 5.74) is 0.866. The number of rotatable bonds is 6. The molecule has 5 bridgehead atoms. The number of allylic oxidation sites excluding steroid dienone is 3. The monoisotopic (exact) mass is 1010 g/mol. The zero-order chi connectivity index (χ0) is 52.5. The zero-order valence-electron chi connectivity index (χ0n) is 43.3. The number of Topliss-reactive ketones (excluding diaryl/α,β-unsaturated/α-hetero) is 1. The number of amides is 2. The summed E-state index contributed by atoms with van der Waals surface area (Å²) in [6.07, 6.45) is 9.86. The molecule has 1 aromatic heterocycles. The lowest BCUT2D eigenvalue weighted by Gasteiger charge is -2.38. The third-order valence-corrected chi connectivity index (χ3v) is 15.3. The molecule has 18 nitrogen and oxygen atoms in total. The van der Waals surface area contributed by atoms with Crippen molar-refractivity contribution in [2.45, 2.75) is 124 Å². The van der Waals surface area contributed by atoms with Crippen LogP contribution >= 0.6 is 0 Å². The first-order valence-corrected chi connectivity index (χ1v) is 25.7. The molecule has 0 aliphatic carbocycles. The molecule has 6 aliphatic heterocycles. The minimum atomic E-state index is -1.94. The van der Waals surface area contributed by atoms with Crippen molar-refractivity contribution in [3.63, 3.8) is 0 Å². The number of ether oxygens (including phenoxy) is 3. The number of likely N-dealkylation sites (tertiary alicyclic amines) is 1. The predicted octanol–water partition coefficient (Wildman–Crippen LogP) is 5.38. The number of fused-ring (bicyclic) bond motifs is 13. The number of anilines is 2. The van der Waals surface area contributed by atoms with Gasteiger partial charge in [-0.2, -0.15) is 0 Å². The molecule has 5 N–H and O–H groups in total. The van der Waals surface area contributed by atoms with Crippen LogP contribution in [0.15, 0.2) is 70.7 Å². The van der Waals surface area contributed by atoms with E-state index in [1.165, 1.54) is 19.3 Å². The molecule has 1 unspecified atom stereocenters. The van der Waals surface area contributed by atoms with Gasteiger partial charge in [0.25, 0.3) is 11.7 Å². The number of nitrogens with zero attached hydrogens (tertiary/aromatic N) is 6. The normalized spacial score (nSPS) is 28.6. The van der Waals surface area contributed by atoms with Crippen LogP contribution < -0.4 is 25.7 Å². The van der Waals surface area contributed by atoms with Gasteiger partial charge in [-0.1, -0.05) is 52.8 Å². The molecule has 2 fully saturated rings. The van der Waals surface area contributed by atoms with E-state index in [2.05, 4.69) is 38.9 Å². The van der Waals surface area contributed by atoms with E-state index in [4.69, 9.17) is 19.2 Å². The topological polar surface area (TPSA) is 236 Å². The fourth-order valence-corrected chi connectivity index (χ4v) is 10.8. The number of aliphatic hydroxyl groups excluding tert-OH is 2. The van der Waals surface area contributed by atoms with Crippen molar-refractivity contribution < 1.29 is 53.8 Å². The quantitative estimate of drug-likeness (QED) is 0.118. The number of carbonyl (C=O) groups excluding carboxylic acids is 4. The van der Waals surface area contributed by atoms with Crippen LogP contribution in [0.2, 0.25) is 0 Å². The molecular formula is C55H71N7O11. The summed E-state index contributed by atoms with van der Waals surface area (Å²) in [4.78, 5) is 75.9. The van der Waals surface area contributed by atoms with E-state index in [0.29, 0.717) is 63.6 Å². The number of aromatic hydroxyl groups is 2. The number of nitrogens with one attached hydrogen (secondary N) is 1. The number of piperidine rings is 1. The molecule has 9 rings (SSSR count). The molecule has 7 heterocycles. The molecule has 2 saturated heterocycles. The van der Waals surface area contributed by atoms with E-state index in [0.717, 1.165) is 18.8 Å². The molecule has 18 heteroatoms. The van der Waals surface area contributed by atoms with Gasteiger partial charge in [-0.3, -0.25) is 29.2 Å². The van der Waals surface area contributed by atoms with Crippen molar-refractivity contribution in [3.8, 4) is 17.2 Å². The molecule has 2 amide bonds. The fraction of sp³-hybridized carbons (Fsp3) is 0.545. The smallest absolute Gasteiger partial charge is 0.315 e. The van der Waals surface area contributed by atoms with Gasteiger partial charge in [0.15, 0.2) is 5.75 Å². The van der Waals surface area contributed by atoms with E-state index < -0.39 is 77.3 Å². The number of hydrogen-bond acceptors (Lipinski definition) is 16. The highest BCUT2D eigenvalue weighted by Crippen LogP contribution is 2.51. The summed E-state index contributed by atoms with van der Waals surface area (Å²) in [5, 5.41) is 51.1. The first-order valence-electron chi connectivity index (χ1n) is 25.7. The van der Waals surface area contributed by atoms with Gasteiger partial charge in [-0.25, -0.2) is 4.99 Å². The molecule has 392 valence electrons. The van der Waals surface area contributed by atoms with Crippen LogP contribution in [0.1, 0.15) is 103 Å². The average molecular weight is 1010 g/mol. The summed E-state index contributed by atoms with van der Waals surface area (Å²) in [7, 11) is 0. The zero-order valence-corrected chi connectivity index (χ0v) is 43.3. The molecule has 2 aromatic carbocycles. The first kappa shape index (κ1) is 52.9. The number of hydrogen-bond donors (Lipinski definition) is 5. The molecule has 0 radical (unpaired) electrons. The van der Waals surface area contributed by atoms with Crippen molar-refractivity contribution in [3.05, 3.63) is 82.5 Å². The van der Waals surface area contributed by atoms with Crippen LogP contribution in [0.3, 0.4) is 0 Å². The summed E-state index contributed by atoms with van der Waals surface area (Å²) < 4.78 is 18.5. The molecule has 73 heavy (non-hydrogen) atoms. The highest BCUT2D eigenvalue weighted by molar-refractivity contribution is 6.21. The van der Waals surface area contributed by atoms with Crippen LogP contribution in [0.5, 0.6) is 17.2 Å². The highest BCUT2D eigenvalue weighted by Gasteiger charge is 2.50. The van der Waals surface area contributed by atoms with Crippen molar-refractivity contribution >= 4 is 45.7 Å². The van der Waals surface area contributed by atoms with E-state index in [9.17, 15) is 39.6 Å². The van der Waals surface area contributed by atoms with Crippen molar-refractivity contribution in [1.82, 2.24) is 14.8 Å². The maximum atomic E-state index is 14.8. The highest BCUT2D eigenvalue weighted by atomic mass is 16.7. The second kappa shape index (κ2) is 21.6. The van der Waals surface area contributed by atoms with Crippen molar-refractivity contribution in [2.75, 3.05) is 56.0 Å². The van der Waals surface area contributed by atoms with Crippen LogP contribution in [0, 0.1) is 30.6 Å². The van der Waals surface area contributed by atoms with Gasteiger partial charge in [0.05, 0.1) is 35.1 Å². The largest absolute Gasteiger partial charge is 0.507 e. The Morgan fingerprint density at radius 3 is 2.37 bits per heavy atom. The van der Waals surface area contributed by atoms with E-state index in [1.54, 1.807) is 70.1 Å². The summed E-state index contributed by atoms with van der Waals surface area (Å²) in [5.74, 6) is -6.69. The Labute approximate surface area is 426 Å². The number of aliphatic hydroxyl groups is 2. The van der Waals surface area contributed by atoms with Gasteiger partial charge in [0.2, 0.25) is 5.91 Å². The average Bonchev–Trinajstić information content (AvgIpc) is 3.72. The molecular weight excluding hydrogens is 935 g/mol. The molecule has 3 aromatic rings. The number of carbonyl (C=O) groups is 4. The Kier molecular flexibility index (Phi) is 15.7. The number of phenolic OH excluding ortho intramolecular Hbond substituents is 2. The SMILES string of the molecule is C/C1=C/C=C/[C@H](C)[C@H](O)[C@@H](C)C(O)[C@@H](C)[C@H](OC(=O)CC(=O)N2CCCN(c3ccncc3)CC2)CC/C=C/O[C@@]2(C)Oc3c(C)c(O)c4c(O)c(c5c(c4c3C2=O)NC2(CCN(CC(C)C)CC2)N=5)=NC1=O. The van der Waals surface area contributed by atoms with Crippen molar-refractivity contribution in [2.24, 2.45) is 33.7 Å². The summed E-state index contributed by atoms with van der Waals surface area (Å²) in [6.45, 7) is 18.7. The molecule has 1 spiro atoms. The van der Waals surface area contributed by atoms with Gasteiger partial charge >= 0.3 is 11.8 Å². The number of phenols is 2. The predicted molar refractivity (Wildman–Crippen MR) is 274 cm³/mol. The second-order valence-corrected chi connectivity index (χ2v) is 21.1. The van der Waals surface area contributed by atoms with Gasteiger partial charge < -0.3 is 54.7 Å². The number of pyridine rings is 1. The summed E-state index contributed by atoms with van der Waals surface area (Å²) in [6, 6.07) is 3.84. The third kappa shape index (κ3) is 10.8. The fourth-order valence-electron chi connectivity index (χ4n) is 10.8. The van der Waals surface area contributed by atoms with E-state index in [-0.39, 0.29) is 68.4 Å². The Morgan fingerprint density at radius 2 is 1.66 bits per heavy atom. The Hall–Kier alpha value is -6.37. The molecule has 7 atom stereocenters. The Bertz CT molecular complexity index is 2840. The number of benzene rings is 2. The summed E-state index contributed by atoms with van der Waals surface area (Å²) >= 11 is 0. The van der Waals surface area contributed by atoms with Gasteiger partial charge in [-0.05, 0) is 57.2 Å². The number of ketones is 1. The van der Waals surface area contributed by atoms with E-state index in [1.807, 2.05) is 12.1 Å². The maximum absolute atomic E-state index is 14.8. The lowest BCUT2D eigenvalue weighted by molar-refractivity contribution is -0.159. The van der Waals surface area contributed by atoms with Crippen molar-refractivity contribution in [1.29, 1.82) is 0 Å². The van der Waals surface area contributed by atoms with Gasteiger partial charge in [0.1, 0.15) is 40.4 Å². The standard InChI is InChI=1S/C55H71N7O11/c1-31(2)30-60-24-18-55(19-25-60)58-44-41-42-49(67)36(7)51-43(41)52(69)54(8,73-51)71-28-10-9-15-38(72-40(64)29-39(63)62-23-12-22-61(26-27-62)37-16-20-56-21-17-37)34(5)48(66)35(6)47(65)32(3)13-11-14-33(4)53(70)57-46(50(42)68)45(44)59-55/h10-11,13-14,16-17,20-21,28,31-32,34-35,38,47-48,58,65-68H,9,12,15,18-19,22-27,29-30H2,1-8H3/b13-11+,28-10+,33-14-,57-46?/t32-,34-,35+,38+,47-,48?,54-/m0/s1. The van der Waals surface area contributed by atoms with E-state index >= 15 is 0 Å². The first-order chi connectivity index (χ1) is 34.7. The minimum absolute atomic E-state index is 0.0549. The van der Waals surface area contributed by atoms with Gasteiger partial charge in [-0.15, -0.1) is 0 Å². The lowest BCUT2D eigenvalue weighted by atomic mass is 9.81. The number of esters is 1. The van der Waals surface area contributed by atoms with Crippen LogP contribution in [-0.2, 0) is 23.9 Å². The van der Waals surface area contributed by atoms with Gasteiger partial charge in [0, 0.05) is 118 Å².